The summed E-state index contributed by atoms with van der Waals surface area (Å²) < 4.78 is 5.15. The predicted octanol–water partition coefficient (Wildman–Crippen LogP) is 1.90. The van der Waals surface area contributed by atoms with E-state index in [2.05, 4.69) is 5.32 Å². The molecule has 6 nitrogen and oxygen atoms in total. The lowest BCUT2D eigenvalue weighted by molar-refractivity contribution is -0.135. The average Bonchev–Trinajstić information content (AvgIpc) is 2.65. The number of aryl methyl sites for hydroxylation is 1. The Morgan fingerprint density at radius 1 is 1.23 bits per heavy atom. The van der Waals surface area contributed by atoms with E-state index in [9.17, 15) is 9.59 Å². The zero-order valence-corrected chi connectivity index (χ0v) is 16.2. The number of likely N-dealkylation sites (tertiary alicyclic amines) is 1. The van der Waals surface area contributed by atoms with Crippen LogP contribution in [-0.4, -0.2) is 49.5 Å². The van der Waals surface area contributed by atoms with Gasteiger partial charge in [-0.05, 0) is 43.4 Å². The van der Waals surface area contributed by atoms with Crippen molar-refractivity contribution in [3.05, 3.63) is 29.8 Å². The normalized spacial score (nSPS) is 16.5. The van der Waals surface area contributed by atoms with E-state index in [1.54, 1.807) is 7.11 Å². The van der Waals surface area contributed by atoms with Crippen molar-refractivity contribution in [3.63, 3.8) is 0 Å². The lowest BCUT2D eigenvalue weighted by Crippen LogP contribution is -2.49. The Morgan fingerprint density at radius 3 is 2.62 bits per heavy atom. The molecular formula is C19H30ClN3O3. The molecule has 146 valence electrons. The Bertz CT molecular complexity index is 566. The largest absolute Gasteiger partial charge is 0.497 e. The quantitative estimate of drug-likeness (QED) is 0.718. The van der Waals surface area contributed by atoms with Crippen molar-refractivity contribution in [2.75, 3.05) is 26.7 Å². The Hall–Kier alpha value is -1.79. The van der Waals surface area contributed by atoms with Crippen LogP contribution in [0.3, 0.4) is 0 Å². The van der Waals surface area contributed by atoms with Crippen LogP contribution in [0.1, 0.15) is 37.7 Å². The van der Waals surface area contributed by atoms with Crippen LogP contribution >= 0.6 is 12.4 Å². The first-order valence-electron chi connectivity index (χ1n) is 9.03. The van der Waals surface area contributed by atoms with Crippen LogP contribution in [-0.2, 0) is 16.0 Å². The Balaban J connectivity index is 0.00000338. The number of nitrogens with one attached hydrogen (secondary N) is 1. The molecule has 1 aliphatic rings. The molecule has 2 rings (SSSR count). The number of rotatable bonds is 8. The fourth-order valence-electron chi connectivity index (χ4n) is 3.18. The van der Waals surface area contributed by atoms with E-state index in [0.717, 1.165) is 37.1 Å². The molecule has 26 heavy (non-hydrogen) atoms. The lowest BCUT2D eigenvalue weighted by Gasteiger charge is -2.36. The average molecular weight is 384 g/mol. The highest BCUT2D eigenvalue weighted by Gasteiger charge is 2.26. The number of carbonyl (C=O) groups excluding carboxylic acids is 2. The molecule has 0 aliphatic carbocycles. The summed E-state index contributed by atoms with van der Waals surface area (Å²) in [6.07, 6.45) is 4.60. The number of hydrogen-bond acceptors (Lipinski definition) is 4. The summed E-state index contributed by atoms with van der Waals surface area (Å²) in [6.45, 7) is 1.65. The van der Waals surface area contributed by atoms with Gasteiger partial charge in [0.05, 0.1) is 7.11 Å². The molecule has 1 heterocycles. The number of hydrogen-bond donors (Lipinski definition) is 2. The maximum absolute atomic E-state index is 12.6. The molecule has 2 amide bonds. The summed E-state index contributed by atoms with van der Waals surface area (Å²) in [5, 5.41) is 2.90. The van der Waals surface area contributed by atoms with Gasteiger partial charge in [0.25, 0.3) is 0 Å². The van der Waals surface area contributed by atoms with Crippen LogP contribution in [0.2, 0.25) is 0 Å². The second-order valence-corrected chi connectivity index (χ2v) is 6.43. The molecule has 0 bridgehead atoms. The van der Waals surface area contributed by atoms with Gasteiger partial charge in [0, 0.05) is 38.5 Å². The molecule has 1 unspecified atom stereocenters. The second-order valence-electron chi connectivity index (χ2n) is 6.43. The van der Waals surface area contributed by atoms with Crippen LogP contribution in [0.25, 0.3) is 0 Å². The highest BCUT2D eigenvalue weighted by molar-refractivity contribution is 5.85. The van der Waals surface area contributed by atoms with Gasteiger partial charge in [0.15, 0.2) is 0 Å². The molecule has 1 fully saturated rings. The first-order valence-corrected chi connectivity index (χ1v) is 9.03. The molecular weight excluding hydrogens is 354 g/mol. The van der Waals surface area contributed by atoms with Crippen molar-refractivity contribution >= 4 is 24.2 Å². The summed E-state index contributed by atoms with van der Waals surface area (Å²) in [5.41, 5.74) is 6.52. The zero-order valence-electron chi connectivity index (χ0n) is 15.4. The summed E-state index contributed by atoms with van der Waals surface area (Å²) in [5.74, 6) is 0.937. The van der Waals surface area contributed by atoms with Gasteiger partial charge in [0.2, 0.25) is 11.8 Å². The first-order chi connectivity index (χ1) is 12.1. The highest BCUT2D eigenvalue weighted by atomic mass is 35.5. The topological polar surface area (TPSA) is 84.7 Å². The van der Waals surface area contributed by atoms with E-state index in [-0.39, 0.29) is 30.3 Å². The highest BCUT2D eigenvalue weighted by Crippen LogP contribution is 2.19. The van der Waals surface area contributed by atoms with Crippen LogP contribution in [0.4, 0.5) is 0 Å². The predicted molar refractivity (Wildman–Crippen MR) is 105 cm³/mol. The van der Waals surface area contributed by atoms with Crippen molar-refractivity contribution in [1.29, 1.82) is 0 Å². The number of piperidine rings is 1. The van der Waals surface area contributed by atoms with Gasteiger partial charge < -0.3 is 20.7 Å². The fourth-order valence-corrected chi connectivity index (χ4v) is 3.18. The van der Waals surface area contributed by atoms with E-state index >= 15 is 0 Å². The van der Waals surface area contributed by atoms with E-state index in [1.165, 1.54) is 0 Å². The van der Waals surface area contributed by atoms with Crippen molar-refractivity contribution < 1.29 is 14.3 Å². The van der Waals surface area contributed by atoms with Crippen LogP contribution < -0.4 is 15.8 Å². The number of halogens is 1. The molecule has 3 N–H and O–H groups in total. The van der Waals surface area contributed by atoms with E-state index < -0.39 is 0 Å². The number of ether oxygens (including phenoxy) is 1. The lowest BCUT2D eigenvalue weighted by atomic mass is 10.0. The van der Waals surface area contributed by atoms with Crippen molar-refractivity contribution in [3.8, 4) is 5.75 Å². The fraction of sp³-hybridized carbons (Fsp3) is 0.579. The minimum Gasteiger partial charge on any atom is -0.497 e. The molecule has 0 spiro atoms. The monoisotopic (exact) mass is 383 g/mol. The minimum atomic E-state index is -0.0429. The van der Waals surface area contributed by atoms with Crippen LogP contribution in [0.5, 0.6) is 5.75 Å². The maximum Gasteiger partial charge on any atom is 0.223 e. The Morgan fingerprint density at radius 2 is 1.96 bits per heavy atom. The second kappa shape index (κ2) is 11.8. The molecule has 0 saturated carbocycles. The molecule has 7 heteroatoms. The molecule has 0 aromatic heterocycles. The van der Waals surface area contributed by atoms with Gasteiger partial charge in [-0.1, -0.05) is 12.1 Å². The van der Waals surface area contributed by atoms with Crippen molar-refractivity contribution in [2.45, 2.75) is 44.6 Å². The van der Waals surface area contributed by atoms with E-state index in [4.69, 9.17) is 10.5 Å². The molecule has 1 aliphatic heterocycles. The molecule has 1 atom stereocenters. The van der Waals surface area contributed by atoms with Gasteiger partial charge in [-0.3, -0.25) is 9.59 Å². The smallest absolute Gasteiger partial charge is 0.223 e. The Kier molecular flexibility index (Phi) is 10.1. The number of methoxy groups -OCH3 is 1. The number of nitrogens with zero attached hydrogens (tertiary/aromatic N) is 1. The summed E-state index contributed by atoms with van der Waals surface area (Å²) in [4.78, 5) is 26.2. The van der Waals surface area contributed by atoms with Gasteiger partial charge in [0.1, 0.15) is 5.75 Å². The van der Waals surface area contributed by atoms with Crippen LogP contribution in [0.15, 0.2) is 24.3 Å². The number of amides is 2. The van der Waals surface area contributed by atoms with Gasteiger partial charge in [-0.2, -0.15) is 0 Å². The van der Waals surface area contributed by atoms with E-state index in [1.807, 2.05) is 29.2 Å². The third-order valence-corrected chi connectivity index (χ3v) is 4.64. The molecule has 0 radical (unpaired) electrons. The summed E-state index contributed by atoms with van der Waals surface area (Å²) >= 11 is 0. The number of benzene rings is 1. The maximum atomic E-state index is 12.6. The molecule has 1 aromatic rings. The van der Waals surface area contributed by atoms with E-state index in [0.29, 0.717) is 32.4 Å². The third-order valence-electron chi connectivity index (χ3n) is 4.64. The minimum absolute atomic E-state index is 0. The standard InChI is InChI=1S/C19H29N3O3.ClH/c1-25-17-8-5-15(6-9-17)7-10-19(24)22-13-3-2-4-16(22)14-21-18(23)11-12-20;/h5-6,8-9,16H,2-4,7,10-14,20H2,1H3,(H,21,23);1H. The number of carbonyl (C=O) groups is 2. The summed E-state index contributed by atoms with van der Waals surface area (Å²) in [7, 11) is 1.64. The molecule has 1 saturated heterocycles. The van der Waals surface area contributed by atoms with Crippen LogP contribution in [0, 0.1) is 0 Å². The van der Waals surface area contributed by atoms with Crippen molar-refractivity contribution in [1.82, 2.24) is 10.2 Å². The van der Waals surface area contributed by atoms with Gasteiger partial charge >= 0.3 is 0 Å². The molecule has 1 aromatic carbocycles. The SMILES string of the molecule is COc1ccc(CCC(=O)N2CCCCC2CNC(=O)CCN)cc1.Cl. The summed E-state index contributed by atoms with van der Waals surface area (Å²) in [6, 6.07) is 7.91. The zero-order chi connectivity index (χ0) is 18.1. The third kappa shape index (κ3) is 6.84. The van der Waals surface area contributed by atoms with Gasteiger partial charge in [-0.15, -0.1) is 12.4 Å². The Labute approximate surface area is 161 Å². The first kappa shape index (κ1) is 22.3. The van der Waals surface area contributed by atoms with Gasteiger partial charge in [-0.25, -0.2) is 0 Å². The number of nitrogens with two attached hydrogens (primary N) is 1. The van der Waals surface area contributed by atoms with Crippen molar-refractivity contribution in [2.24, 2.45) is 5.73 Å².